The number of esters is 1. The normalized spacial score (nSPS) is 14.8. The van der Waals surface area contributed by atoms with Crippen molar-refractivity contribution < 1.29 is 189 Å². The Labute approximate surface area is 782 Å². The van der Waals surface area contributed by atoms with Gasteiger partial charge < -0.3 is 160 Å². The van der Waals surface area contributed by atoms with Crippen LogP contribution in [0.3, 0.4) is 0 Å². The highest BCUT2D eigenvalue weighted by Crippen LogP contribution is 2.42. The summed E-state index contributed by atoms with van der Waals surface area (Å²) in [6.45, 7) is -0.256. The number of amides is 10. The first-order valence-corrected chi connectivity index (χ1v) is 44.3. The zero-order chi connectivity index (χ0) is 99.6. The lowest BCUT2D eigenvalue weighted by Crippen LogP contribution is -2.53. The molecule has 2 aromatic heterocycles. The minimum absolute atomic E-state index is 0.0210. The number of carbonyl (C=O) groups is 13. The number of halogens is 2. The monoisotopic (exact) mass is 1960 g/mol. The minimum atomic E-state index is -2.02. The topological polar surface area (TPSA) is 686 Å². The molecule has 6 rings (SSSR count). The third kappa shape index (κ3) is 40.4. The van der Waals surface area contributed by atoms with Crippen molar-refractivity contribution in [3.05, 3.63) is 69.9 Å². The summed E-state index contributed by atoms with van der Waals surface area (Å²) < 4.78 is 105. The van der Waals surface area contributed by atoms with E-state index in [9.17, 15) is 103 Å². The standard InChI is InChI=1S/C84H122F2N12O37S/c1-49(135-74(116)14-7-56(101)64-36-52-63(136-64)37-62(124-3)82(75(52)85)134-18-4-17-133-81-61(123-2)35-50-42-96(44-53(50)76(81)86)70(111)12-13-73(114)115)38-88-68(109)45-97-43-51(94-95-97)39-89-65(106)8-5-54(93-69(110)46-98-71(112)10-11-72(98)113)83(121)87-16-20-126-22-24-128-26-28-130-30-32-132-34-33-131-31-29-129-27-25-127-23-21-125-19-15-67(108)92-55(84(122)91-41-58(103)78(118)80(120)60(105)48-100)6-9-66(107)90-40-57(102)77(117)79(119)59(104)47-99/h10-11,35-37,43,49,54-55,57-60,77-80,99-100,102-105,117-120H,4-9,12-34,38-42,44-48H2,1-3H3,(H,87,121)(H,88,109)(H,89,106)(H,90,107)(H,91,122)(H,92,108)(H,93,110)(H,114,115)/t49-,54-,55-,57-,58-,59+,60+,77+,78+,79+,80+/m0/s1. The Balaban J connectivity index is 0.762. The van der Waals surface area contributed by atoms with Crippen LogP contribution in [0, 0.1) is 11.6 Å². The van der Waals surface area contributed by atoms with Crippen molar-refractivity contribution in [3.63, 3.8) is 0 Å². The summed E-state index contributed by atoms with van der Waals surface area (Å²) in [5, 5.41) is 131. The van der Waals surface area contributed by atoms with Crippen LogP contribution in [-0.2, 0) is 126 Å². The molecule has 0 radical (unpaired) electrons. The number of methoxy groups -OCH3 is 2. The molecule has 2 aliphatic heterocycles. The molecule has 4 heterocycles. The predicted octanol–water partition coefficient (Wildman–Crippen LogP) is -6.13. The molecule has 0 spiro atoms. The molecule has 52 heteroatoms. The molecule has 760 valence electrons. The first kappa shape index (κ1) is 114. The molecule has 2 aliphatic rings. The van der Waals surface area contributed by atoms with Crippen molar-refractivity contribution in [2.24, 2.45) is 0 Å². The Bertz CT molecular complexity index is 4520. The van der Waals surface area contributed by atoms with Gasteiger partial charge in [-0.2, -0.15) is 0 Å². The fourth-order valence-electron chi connectivity index (χ4n) is 12.6. The van der Waals surface area contributed by atoms with E-state index in [1.54, 1.807) is 6.07 Å². The van der Waals surface area contributed by atoms with Crippen LogP contribution in [0.15, 0.2) is 36.5 Å². The number of aliphatic hydroxyl groups excluding tert-OH is 10. The fraction of sp³-hybridized carbons (Fsp3) is 0.631. The SMILES string of the molecule is COc1cc2c(c(F)c1OCCCOc1c(OC)cc3sc(C(=O)CCC(=O)O[C@@H](C)CNC(=O)Cn4cc(CNC(=O)CC[C@H](NC(=O)CN5C(=O)C=CC5=O)C(=O)NCCOCCOCCOCCOCCOCCOCCOCCOCCC(=O)N[C@@H](CCC(=O)NC[C@H](O)[C@@H](O)[C@H](O)[C@H](O)CO)C(=O)NC[C@H](O)[C@@H](O)[C@H](O)[C@H](O)CO)nn4)cc3c1F)CN(C(=O)CCC(=O)O)C2. The molecule has 0 unspecified atom stereocenters. The number of aromatic nitrogens is 3. The van der Waals surface area contributed by atoms with Gasteiger partial charge in [0.15, 0.2) is 40.4 Å². The maximum absolute atomic E-state index is 16.1. The number of hydrogen-bond donors (Lipinski definition) is 18. The lowest BCUT2D eigenvalue weighted by atomic mass is 10.0. The number of thiophene rings is 1. The Morgan fingerprint density at radius 1 is 0.500 bits per heavy atom. The summed E-state index contributed by atoms with van der Waals surface area (Å²) in [6, 6.07) is 1.63. The smallest absolute Gasteiger partial charge is 0.306 e. The molecule has 0 bridgehead atoms. The largest absolute Gasteiger partial charge is 0.493 e. The Morgan fingerprint density at radius 2 is 0.985 bits per heavy atom. The molecule has 136 heavy (non-hydrogen) atoms. The molecule has 18 N–H and O–H groups in total. The summed E-state index contributed by atoms with van der Waals surface area (Å²) >= 11 is 0.968. The number of carboxylic acid groups (broad SMARTS) is 1. The van der Waals surface area contributed by atoms with E-state index in [1.807, 2.05) is 0 Å². The maximum atomic E-state index is 16.1. The fourth-order valence-corrected chi connectivity index (χ4v) is 13.7. The van der Waals surface area contributed by atoms with E-state index in [2.05, 4.69) is 47.5 Å². The van der Waals surface area contributed by atoms with E-state index >= 15 is 8.78 Å². The molecule has 49 nitrogen and oxygen atoms in total. The molecular formula is C84H122F2N12O37S. The quantitative estimate of drug-likeness (QED) is 0.00846. The van der Waals surface area contributed by atoms with Crippen LogP contribution < -0.4 is 56.2 Å². The first-order chi connectivity index (χ1) is 65.2. The second-order valence-corrected chi connectivity index (χ2v) is 31.6. The summed E-state index contributed by atoms with van der Waals surface area (Å²) in [4.78, 5) is 167. The number of carboxylic acids is 1. The van der Waals surface area contributed by atoms with Crippen molar-refractivity contribution in [2.75, 3.05) is 179 Å². The van der Waals surface area contributed by atoms with E-state index in [4.69, 9.17) is 76.9 Å². The number of benzene rings is 2. The van der Waals surface area contributed by atoms with Gasteiger partial charge in [0.25, 0.3) is 11.8 Å². The Morgan fingerprint density at radius 3 is 1.52 bits per heavy atom. The van der Waals surface area contributed by atoms with Crippen molar-refractivity contribution in [2.45, 2.75) is 164 Å². The summed E-state index contributed by atoms with van der Waals surface area (Å²) in [5.74, 6) is -11.3. The van der Waals surface area contributed by atoms with Gasteiger partial charge in [0, 0.05) is 105 Å². The number of rotatable bonds is 73. The number of carbonyl (C=O) groups excluding carboxylic acids is 12. The van der Waals surface area contributed by atoms with Gasteiger partial charge in [0.1, 0.15) is 73.6 Å². The number of Topliss-reactive ketones (excluding diaryl/α,β-unsaturated/α-hetero) is 1. The number of nitrogens with one attached hydrogen (secondary N) is 7. The molecule has 0 saturated heterocycles. The molecular weight excluding hydrogens is 1840 g/mol. The van der Waals surface area contributed by atoms with Gasteiger partial charge in [0.2, 0.25) is 47.3 Å². The van der Waals surface area contributed by atoms with E-state index < -0.39 is 195 Å². The third-order valence-corrected chi connectivity index (χ3v) is 21.2. The number of aliphatic hydroxyl groups is 10. The molecule has 2 aromatic carbocycles. The zero-order valence-electron chi connectivity index (χ0n) is 75.3. The van der Waals surface area contributed by atoms with Crippen molar-refractivity contribution >= 4 is 98.2 Å². The van der Waals surface area contributed by atoms with Crippen LogP contribution in [0.2, 0.25) is 0 Å². The van der Waals surface area contributed by atoms with Crippen LogP contribution in [0.1, 0.15) is 97.6 Å². The highest BCUT2D eigenvalue weighted by molar-refractivity contribution is 7.20. The van der Waals surface area contributed by atoms with Crippen molar-refractivity contribution in [1.82, 2.24) is 62.0 Å². The van der Waals surface area contributed by atoms with Gasteiger partial charge in [-0.15, -0.1) is 16.4 Å². The molecule has 11 atom stereocenters. The average molecular weight is 1960 g/mol. The highest BCUT2D eigenvalue weighted by atomic mass is 32.1. The summed E-state index contributed by atoms with van der Waals surface area (Å²) in [6.07, 6.45) is -15.4. The summed E-state index contributed by atoms with van der Waals surface area (Å²) in [5.41, 5.74) is 0.927. The van der Waals surface area contributed by atoms with E-state index in [0.29, 0.717) is 15.2 Å². The third-order valence-electron chi connectivity index (χ3n) is 20.1. The van der Waals surface area contributed by atoms with E-state index in [1.165, 1.54) is 49.1 Å². The highest BCUT2D eigenvalue weighted by Gasteiger charge is 2.36. The van der Waals surface area contributed by atoms with Gasteiger partial charge in [-0.1, -0.05) is 5.21 Å². The number of ketones is 1. The van der Waals surface area contributed by atoms with Gasteiger partial charge in [-0.3, -0.25) is 67.2 Å². The van der Waals surface area contributed by atoms with Gasteiger partial charge in [0.05, 0.1) is 196 Å². The lowest BCUT2D eigenvalue weighted by Gasteiger charge is -2.26. The van der Waals surface area contributed by atoms with Crippen LogP contribution in [0.25, 0.3) is 10.1 Å². The van der Waals surface area contributed by atoms with Crippen LogP contribution >= 0.6 is 11.3 Å². The van der Waals surface area contributed by atoms with Crippen molar-refractivity contribution in [3.8, 4) is 23.0 Å². The molecule has 0 aliphatic carbocycles. The van der Waals surface area contributed by atoms with Gasteiger partial charge in [-0.05, 0) is 37.5 Å². The Kier molecular flexibility index (Phi) is 52.0. The lowest BCUT2D eigenvalue weighted by molar-refractivity contribution is -0.148. The average Bonchev–Trinajstić information content (AvgIpc) is 1.57. The van der Waals surface area contributed by atoms with Crippen LogP contribution in [-0.4, -0.2) is 404 Å². The molecule has 0 fully saturated rings. The number of imide groups is 1. The van der Waals surface area contributed by atoms with E-state index in [-0.39, 0.29) is 260 Å². The second kappa shape index (κ2) is 62.1. The first-order valence-electron chi connectivity index (χ1n) is 43.5. The molecule has 0 saturated carbocycles. The Hall–Kier alpha value is -10.9. The number of nitrogens with zero attached hydrogens (tertiary/aromatic N) is 5. The van der Waals surface area contributed by atoms with Crippen LogP contribution in [0.5, 0.6) is 23.0 Å². The van der Waals surface area contributed by atoms with Crippen LogP contribution in [0.4, 0.5) is 8.78 Å². The maximum Gasteiger partial charge on any atom is 0.306 e. The summed E-state index contributed by atoms with van der Waals surface area (Å²) in [7, 11) is 2.62. The van der Waals surface area contributed by atoms with Gasteiger partial charge >= 0.3 is 11.9 Å². The second-order valence-electron chi connectivity index (χ2n) is 30.5. The predicted molar refractivity (Wildman–Crippen MR) is 463 cm³/mol. The molecule has 10 amide bonds. The number of aliphatic carboxylic acids is 1. The molecule has 4 aromatic rings. The van der Waals surface area contributed by atoms with E-state index in [0.717, 1.165) is 23.5 Å². The number of hydrogen-bond acceptors (Lipinski definition) is 39. The van der Waals surface area contributed by atoms with Crippen molar-refractivity contribution in [1.29, 1.82) is 0 Å². The number of fused-ring (bicyclic) bond motifs is 2. The number of ether oxygens (including phenoxy) is 13. The zero-order valence-corrected chi connectivity index (χ0v) is 76.1. The van der Waals surface area contributed by atoms with Gasteiger partial charge in [-0.25, -0.2) is 13.5 Å². The minimum Gasteiger partial charge on any atom is -0.493 e.